The van der Waals surface area contributed by atoms with Crippen LogP contribution in [0.1, 0.15) is 36.7 Å². The number of anilines is 1. The summed E-state index contributed by atoms with van der Waals surface area (Å²) < 4.78 is 35.5. The van der Waals surface area contributed by atoms with E-state index in [1.807, 2.05) is 9.91 Å². The molecule has 4 aliphatic heterocycles. The zero-order valence-corrected chi connectivity index (χ0v) is 21.0. The van der Waals surface area contributed by atoms with Gasteiger partial charge in [-0.15, -0.1) is 0 Å². The minimum absolute atomic E-state index is 0.0154. The highest BCUT2D eigenvalue weighted by atomic mass is 19.1. The topological polar surface area (TPSA) is 102 Å². The number of ether oxygens (including phenoxy) is 1. The maximum Gasteiger partial charge on any atom is 0.270 e. The number of pyridine rings is 1. The van der Waals surface area contributed by atoms with E-state index in [2.05, 4.69) is 32.9 Å². The average Bonchev–Trinajstić information content (AvgIpc) is 3.26. The second kappa shape index (κ2) is 10.0. The number of nitrogens with zero attached hydrogens (tertiary/aromatic N) is 4. The van der Waals surface area contributed by atoms with Crippen molar-refractivity contribution in [3.63, 3.8) is 0 Å². The second-order valence-corrected chi connectivity index (χ2v) is 11.1. The third-order valence-electron chi connectivity index (χ3n) is 8.53. The number of piperazine rings is 2. The number of rotatable bonds is 5. The smallest absolute Gasteiger partial charge is 0.270 e. The van der Waals surface area contributed by atoms with E-state index < -0.39 is 24.1 Å². The van der Waals surface area contributed by atoms with Crippen LogP contribution in [0.25, 0.3) is 0 Å². The molecular formula is C25H35F2N7O3. The average molecular weight is 520 g/mol. The Labute approximate surface area is 215 Å². The maximum absolute atomic E-state index is 15.7. The van der Waals surface area contributed by atoms with Crippen molar-refractivity contribution >= 4 is 17.5 Å². The van der Waals surface area contributed by atoms with E-state index in [0.717, 1.165) is 19.3 Å². The fourth-order valence-corrected chi connectivity index (χ4v) is 6.45. The van der Waals surface area contributed by atoms with Crippen molar-refractivity contribution < 1.29 is 23.1 Å². The standard InChI is InChI=1S/C25H35F2N7O3/c1-14-10-20-25(36)30-22-18(34(20)31-14)4-2-15(21(22)26)11-32-6-8-33(9-7-32)19-5-3-17(29-23(19)27)24(35)28-16-12-37-13-16/h3,5,14-16,18,20-22,31H,2,4,6-13H2,1H3,(H,28,35)(H,30,36). The lowest BCUT2D eigenvalue weighted by Crippen LogP contribution is -2.70. The molecule has 6 unspecified atom stereocenters. The van der Waals surface area contributed by atoms with E-state index in [9.17, 15) is 14.0 Å². The van der Waals surface area contributed by atoms with E-state index in [1.54, 1.807) is 12.1 Å². The summed E-state index contributed by atoms with van der Waals surface area (Å²) in [6.07, 6.45) is 1.26. The summed E-state index contributed by atoms with van der Waals surface area (Å²) in [5.41, 5.74) is 3.80. The molecule has 6 rings (SSSR count). The van der Waals surface area contributed by atoms with Gasteiger partial charge in [-0.1, -0.05) is 0 Å². The fraction of sp³-hybridized carbons (Fsp3) is 0.720. The van der Waals surface area contributed by atoms with Crippen molar-refractivity contribution in [3.8, 4) is 0 Å². The maximum atomic E-state index is 15.7. The predicted molar refractivity (Wildman–Crippen MR) is 131 cm³/mol. The van der Waals surface area contributed by atoms with Crippen molar-refractivity contribution in [3.05, 3.63) is 23.8 Å². The zero-order valence-electron chi connectivity index (χ0n) is 21.0. The van der Waals surface area contributed by atoms with Crippen molar-refractivity contribution in [1.29, 1.82) is 0 Å². The van der Waals surface area contributed by atoms with E-state index >= 15 is 4.39 Å². The summed E-state index contributed by atoms with van der Waals surface area (Å²) in [6.45, 7) is 6.14. The van der Waals surface area contributed by atoms with Crippen LogP contribution in [0.15, 0.2) is 12.1 Å². The molecule has 0 bridgehead atoms. The number of halogens is 2. The number of fused-ring (bicyclic) bond motifs is 3. The first-order chi connectivity index (χ1) is 17.9. The molecule has 5 heterocycles. The van der Waals surface area contributed by atoms with Crippen LogP contribution in [0, 0.1) is 11.9 Å². The highest BCUT2D eigenvalue weighted by Crippen LogP contribution is 2.36. The Balaban J connectivity index is 1.02. The summed E-state index contributed by atoms with van der Waals surface area (Å²) in [5.74, 6) is -1.30. The van der Waals surface area contributed by atoms with Crippen molar-refractivity contribution in [2.24, 2.45) is 5.92 Å². The van der Waals surface area contributed by atoms with Gasteiger partial charge in [0.1, 0.15) is 17.9 Å². The largest absolute Gasteiger partial charge is 0.377 e. The molecule has 1 aromatic rings. The Morgan fingerprint density at radius 1 is 1.22 bits per heavy atom. The van der Waals surface area contributed by atoms with Crippen LogP contribution in [-0.4, -0.2) is 109 Å². The molecule has 5 aliphatic rings. The van der Waals surface area contributed by atoms with Gasteiger partial charge < -0.3 is 20.3 Å². The Hall–Kier alpha value is -2.41. The fourth-order valence-electron chi connectivity index (χ4n) is 6.45. The van der Waals surface area contributed by atoms with Gasteiger partial charge in [-0.3, -0.25) is 19.9 Å². The van der Waals surface area contributed by atoms with Crippen LogP contribution in [0.5, 0.6) is 0 Å². The van der Waals surface area contributed by atoms with Gasteiger partial charge >= 0.3 is 0 Å². The van der Waals surface area contributed by atoms with Crippen molar-refractivity contribution in [2.75, 3.05) is 50.8 Å². The number of alkyl halides is 1. The van der Waals surface area contributed by atoms with E-state index in [4.69, 9.17) is 4.74 Å². The summed E-state index contributed by atoms with van der Waals surface area (Å²) in [7, 11) is 0. The molecule has 6 atom stereocenters. The molecule has 1 saturated carbocycles. The van der Waals surface area contributed by atoms with Gasteiger partial charge in [0, 0.05) is 50.7 Å². The number of carbonyl (C=O) groups excluding carboxylic acids is 2. The molecule has 10 nitrogen and oxygen atoms in total. The van der Waals surface area contributed by atoms with Gasteiger partial charge in [0.05, 0.1) is 31.0 Å². The number of hydrogen-bond donors (Lipinski definition) is 3. The first-order valence-electron chi connectivity index (χ1n) is 13.4. The highest BCUT2D eigenvalue weighted by molar-refractivity contribution is 5.92. The van der Waals surface area contributed by atoms with Crippen LogP contribution >= 0.6 is 0 Å². The lowest BCUT2D eigenvalue weighted by molar-refractivity contribution is -0.138. The summed E-state index contributed by atoms with van der Waals surface area (Å²) in [6, 6.07) is 2.62. The number of carbonyl (C=O) groups is 2. The molecule has 0 aromatic carbocycles. The minimum Gasteiger partial charge on any atom is -0.377 e. The van der Waals surface area contributed by atoms with E-state index in [1.165, 1.54) is 0 Å². The molecule has 5 fully saturated rings. The molecule has 202 valence electrons. The van der Waals surface area contributed by atoms with E-state index in [0.29, 0.717) is 51.6 Å². The predicted octanol–water partition coefficient (Wildman–Crippen LogP) is 0.0538. The lowest BCUT2D eigenvalue weighted by Gasteiger charge is -2.49. The molecule has 0 radical (unpaired) electrons. The normalized spacial score (nSPS) is 34.9. The Bertz CT molecular complexity index is 1040. The van der Waals surface area contributed by atoms with Crippen LogP contribution in [0.2, 0.25) is 0 Å². The minimum atomic E-state index is -1.11. The van der Waals surface area contributed by atoms with Gasteiger partial charge in [-0.05, 0) is 38.3 Å². The van der Waals surface area contributed by atoms with Crippen molar-refractivity contribution in [1.82, 2.24) is 31.0 Å². The number of aromatic nitrogens is 1. The molecule has 3 N–H and O–H groups in total. The van der Waals surface area contributed by atoms with Crippen LogP contribution in [-0.2, 0) is 9.53 Å². The van der Waals surface area contributed by atoms with Crippen LogP contribution in [0.4, 0.5) is 14.5 Å². The molecule has 1 aromatic heterocycles. The molecule has 2 amide bonds. The second-order valence-electron chi connectivity index (χ2n) is 11.1. The van der Waals surface area contributed by atoms with Gasteiger partial charge in [-0.25, -0.2) is 14.4 Å². The quantitative estimate of drug-likeness (QED) is 0.470. The Morgan fingerprint density at radius 3 is 2.70 bits per heavy atom. The number of hydrogen-bond acceptors (Lipinski definition) is 8. The molecule has 1 aliphatic carbocycles. The zero-order chi connectivity index (χ0) is 25.7. The third kappa shape index (κ3) is 4.80. The lowest BCUT2D eigenvalue weighted by atomic mass is 9.78. The SMILES string of the molecule is CC1CC2C(=O)NC3C(F)C(CN4CCN(c5ccc(C(=O)NC6COC6)nc5F)CC4)CCC3N2N1. The molecular weight excluding hydrogens is 484 g/mol. The van der Waals surface area contributed by atoms with Gasteiger partial charge in [0.15, 0.2) is 0 Å². The van der Waals surface area contributed by atoms with Crippen LogP contribution < -0.4 is 21.0 Å². The van der Waals surface area contributed by atoms with Crippen molar-refractivity contribution in [2.45, 2.75) is 62.6 Å². The molecule has 0 spiro atoms. The molecule has 37 heavy (non-hydrogen) atoms. The van der Waals surface area contributed by atoms with Gasteiger partial charge in [-0.2, -0.15) is 4.39 Å². The van der Waals surface area contributed by atoms with Crippen LogP contribution in [0.3, 0.4) is 0 Å². The Kier molecular flexibility index (Phi) is 6.76. The monoisotopic (exact) mass is 519 g/mol. The molecule has 12 heteroatoms. The van der Waals surface area contributed by atoms with E-state index in [-0.39, 0.29) is 41.7 Å². The van der Waals surface area contributed by atoms with Gasteiger partial charge in [0.25, 0.3) is 5.91 Å². The number of amides is 2. The van der Waals surface area contributed by atoms with Gasteiger partial charge in [0.2, 0.25) is 11.9 Å². The Morgan fingerprint density at radius 2 is 2.00 bits per heavy atom. The number of hydrazine groups is 1. The highest BCUT2D eigenvalue weighted by Gasteiger charge is 2.52. The summed E-state index contributed by atoms with van der Waals surface area (Å²) in [5, 5.41) is 7.76. The summed E-state index contributed by atoms with van der Waals surface area (Å²) >= 11 is 0. The molecule has 4 saturated heterocycles. The summed E-state index contributed by atoms with van der Waals surface area (Å²) in [4.78, 5) is 32.9. The first-order valence-corrected chi connectivity index (χ1v) is 13.4. The first kappa shape index (κ1) is 24.9. The third-order valence-corrected chi connectivity index (χ3v) is 8.53. The number of nitrogens with one attached hydrogen (secondary N) is 3.